The van der Waals surface area contributed by atoms with E-state index in [0.29, 0.717) is 18.9 Å². The third-order valence-electron chi connectivity index (χ3n) is 8.31. The number of fused-ring (bicyclic) bond motifs is 1. The highest BCUT2D eigenvalue weighted by Gasteiger charge is 2.39. The molecule has 5 rings (SSSR count). The fourth-order valence-corrected chi connectivity index (χ4v) is 6.66. The minimum Gasteiger partial charge on any atom is -0.481 e. The van der Waals surface area contributed by atoms with E-state index in [4.69, 9.17) is 37.8 Å². The summed E-state index contributed by atoms with van der Waals surface area (Å²) < 4.78 is 4.87. The van der Waals surface area contributed by atoms with E-state index < -0.39 is 22.9 Å². The number of carboxylic acid groups (broad SMARTS) is 1. The van der Waals surface area contributed by atoms with Crippen molar-refractivity contribution in [1.29, 1.82) is 0 Å². The Balaban J connectivity index is 0.000000291. The Morgan fingerprint density at radius 3 is 2.17 bits per heavy atom. The Hall–Kier alpha value is -3.65. The minimum atomic E-state index is -0.833. The molecular weight excluding hydrogens is 653 g/mol. The predicted octanol–water partition coefficient (Wildman–Crippen LogP) is 6.25. The number of anilines is 2. The van der Waals surface area contributed by atoms with Crippen LogP contribution in [0.25, 0.3) is 0 Å². The van der Waals surface area contributed by atoms with Gasteiger partial charge in [-0.2, -0.15) is 4.98 Å². The van der Waals surface area contributed by atoms with E-state index in [2.05, 4.69) is 31.8 Å². The third-order valence-corrected chi connectivity index (χ3v) is 8.67. The number of nitro groups is 1. The van der Waals surface area contributed by atoms with E-state index in [9.17, 15) is 19.7 Å². The molecule has 0 spiro atoms. The number of carbonyl (C=O) groups excluding carboxylic acids is 2. The van der Waals surface area contributed by atoms with Crippen molar-refractivity contribution in [1.82, 2.24) is 19.9 Å². The van der Waals surface area contributed by atoms with Crippen LogP contribution >= 0.6 is 23.2 Å². The number of carboxylic acids is 1. The van der Waals surface area contributed by atoms with Crippen molar-refractivity contribution in [3.8, 4) is 0 Å². The normalized spacial score (nSPS) is 18.0. The monoisotopic (exact) mass is 697 g/mol. The molecule has 16 heteroatoms. The molecule has 3 heterocycles. The maximum atomic E-state index is 12.3. The smallest absolute Gasteiger partial charge is 0.329 e. The van der Waals surface area contributed by atoms with Gasteiger partial charge in [-0.1, -0.05) is 47.0 Å². The summed E-state index contributed by atoms with van der Waals surface area (Å²) in [7, 11) is 1.30. The Morgan fingerprint density at radius 1 is 1.09 bits per heavy atom. The van der Waals surface area contributed by atoms with Gasteiger partial charge in [0.15, 0.2) is 5.78 Å². The van der Waals surface area contributed by atoms with Crippen LogP contribution in [-0.2, 0) is 25.5 Å². The number of nitrogens with zero attached hydrogens (tertiary/aromatic N) is 7. The molecule has 0 bridgehead atoms. The van der Waals surface area contributed by atoms with Crippen LogP contribution in [0.2, 0.25) is 10.6 Å². The first-order valence-electron chi connectivity index (χ1n) is 15.5. The van der Waals surface area contributed by atoms with Crippen molar-refractivity contribution >= 4 is 58.2 Å². The van der Waals surface area contributed by atoms with Gasteiger partial charge in [0.05, 0.1) is 18.1 Å². The number of aromatic nitrogens is 4. The van der Waals surface area contributed by atoms with Crippen molar-refractivity contribution in [3.63, 3.8) is 0 Å². The van der Waals surface area contributed by atoms with E-state index in [0.717, 1.165) is 69.4 Å². The zero-order chi connectivity index (χ0) is 34.0. The number of carbonyl (C=O) groups is 3. The van der Waals surface area contributed by atoms with Gasteiger partial charge in [0.25, 0.3) is 5.97 Å². The van der Waals surface area contributed by atoms with E-state index >= 15 is 0 Å². The van der Waals surface area contributed by atoms with Crippen LogP contribution in [0.3, 0.4) is 0 Å². The average molecular weight is 699 g/mol. The van der Waals surface area contributed by atoms with Crippen LogP contribution in [0.5, 0.6) is 0 Å². The number of ketones is 1. The van der Waals surface area contributed by atoms with Crippen LogP contribution < -0.4 is 9.80 Å². The second-order valence-electron chi connectivity index (χ2n) is 11.3. The lowest BCUT2D eigenvalue weighted by Crippen LogP contribution is -2.50. The molecule has 1 aliphatic heterocycles. The molecule has 0 radical (unpaired) electrons. The molecule has 2 aromatic rings. The van der Waals surface area contributed by atoms with Crippen LogP contribution in [0.1, 0.15) is 98.0 Å². The standard InChI is InChI=1S/C14H19ClN4O4.C14H18ClN3O.C2H4O2.CH4/c1-3-10(13(20)23-2)18(9-6-4-5-7-9)12-11(19(21)22)8-16-14(15)17-12;1-2-11-12(19)7-9-8-16-14(15)17-13(9)18(11)10-5-3-4-6-10;1-2(3)4;/h8-10H,3-7H2,1-2H3;8,10-11H,2-7H2,1H3;1H3,(H,3,4);1H4/t10-;11-;;/m11../s1. The third kappa shape index (κ3) is 10.2. The van der Waals surface area contributed by atoms with Gasteiger partial charge in [0, 0.05) is 37.2 Å². The van der Waals surface area contributed by atoms with Gasteiger partial charge in [-0.25, -0.2) is 19.7 Å². The number of methoxy groups -OCH3 is 1. The summed E-state index contributed by atoms with van der Waals surface area (Å²) in [4.78, 5) is 64.3. The molecule has 0 unspecified atom stereocenters. The Morgan fingerprint density at radius 2 is 1.64 bits per heavy atom. The van der Waals surface area contributed by atoms with Gasteiger partial charge in [0.1, 0.15) is 18.1 Å². The number of halogens is 2. The Bertz CT molecular complexity index is 1380. The quantitative estimate of drug-likeness (QED) is 0.142. The van der Waals surface area contributed by atoms with Crippen molar-refractivity contribution in [2.24, 2.45) is 0 Å². The maximum Gasteiger partial charge on any atom is 0.329 e. The Kier molecular flexibility index (Phi) is 15.7. The Labute approximate surface area is 285 Å². The summed E-state index contributed by atoms with van der Waals surface area (Å²) in [6, 6.07) is -0.267. The first-order valence-corrected chi connectivity index (χ1v) is 16.2. The van der Waals surface area contributed by atoms with E-state index in [1.54, 1.807) is 11.1 Å². The number of rotatable bonds is 8. The fourth-order valence-electron chi connectivity index (χ4n) is 6.40. The average Bonchev–Trinajstić information content (AvgIpc) is 3.74. The summed E-state index contributed by atoms with van der Waals surface area (Å²) in [5.41, 5.74) is 0.662. The minimum absolute atomic E-state index is 0. The van der Waals surface area contributed by atoms with E-state index in [1.165, 1.54) is 20.0 Å². The molecule has 260 valence electrons. The lowest BCUT2D eigenvalue weighted by molar-refractivity contribution is -0.384. The number of Topliss-reactive ketones (excluding diaryl/α,β-unsaturated/α-hetero) is 1. The zero-order valence-corrected chi connectivity index (χ0v) is 28.0. The van der Waals surface area contributed by atoms with Gasteiger partial charge < -0.3 is 19.6 Å². The lowest BCUT2D eigenvalue weighted by atomic mass is 9.94. The molecule has 47 heavy (non-hydrogen) atoms. The van der Waals surface area contributed by atoms with Crippen LogP contribution in [0.15, 0.2) is 12.4 Å². The SMILES string of the molecule is C.CC(=O)O.CC[C@@H]1C(=O)Cc2cnc(Cl)nc2N1C1CCCC1.CC[C@H](C(=O)OC)N(c1nc(Cl)ncc1[N+](=O)[O-])C1CCCC1. The molecule has 1 N–H and O–H groups in total. The number of esters is 1. The van der Waals surface area contributed by atoms with Crippen LogP contribution in [0.4, 0.5) is 17.3 Å². The number of ether oxygens (including phenoxy) is 1. The van der Waals surface area contributed by atoms with Gasteiger partial charge in [-0.3, -0.25) is 19.7 Å². The summed E-state index contributed by atoms with van der Waals surface area (Å²) in [5.74, 6) is -0.0197. The molecule has 2 aliphatic carbocycles. The zero-order valence-electron chi connectivity index (χ0n) is 26.5. The highest BCUT2D eigenvalue weighted by atomic mass is 35.5. The predicted molar refractivity (Wildman–Crippen MR) is 179 cm³/mol. The second-order valence-corrected chi connectivity index (χ2v) is 12.0. The molecular formula is C31H45Cl2N7O7. The first kappa shape index (κ1) is 39.5. The van der Waals surface area contributed by atoms with Gasteiger partial charge in [-0.05, 0) is 61.7 Å². The van der Waals surface area contributed by atoms with E-state index in [1.807, 2.05) is 6.92 Å². The lowest BCUT2D eigenvalue weighted by Gasteiger charge is -2.40. The summed E-state index contributed by atoms with van der Waals surface area (Å²) >= 11 is 11.8. The van der Waals surface area contributed by atoms with Crippen molar-refractivity contribution in [2.75, 3.05) is 16.9 Å². The van der Waals surface area contributed by atoms with Crippen molar-refractivity contribution in [2.45, 2.75) is 123 Å². The van der Waals surface area contributed by atoms with Gasteiger partial charge >= 0.3 is 11.7 Å². The van der Waals surface area contributed by atoms with Crippen LogP contribution in [0, 0.1) is 10.1 Å². The number of hydrogen-bond acceptors (Lipinski definition) is 12. The molecule has 2 aromatic heterocycles. The molecule has 2 saturated carbocycles. The highest BCUT2D eigenvalue weighted by molar-refractivity contribution is 6.28. The molecule has 2 atom stereocenters. The summed E-state index contributed by atoms with van der Waals surface area (Å²) in [6.07, 6.45) is 12.9. The van der Waals surface area contributed by atoms with Gasteiger partial charge in [-0.15, -0.1) is 0 Å². The molecule has 14 nitrogen and oxygen atoms in total. The maximum absolute atomic E-state index is 12.3. The van der Waals surface area contributed by atoms with Crippen molar-refractivity contribution < 1.29 is 29.2 Å². The van der Waals surface area contributed by atoms with Crippen molar-refractivity contribution in [3.05, 3.63) is 38.6 Å². The molecule has 0 saturated heterocycles. The molecule has 0 amide bonds. The largest absolute Gasteiger partial charge is 0.481 e. The topological polar surface area (TPSA) is 182 Å². The van der Waals surface area contributed by atoms with Gasteiger partial charge in [0.2, 0.25) is 16.4 Å². The number of aliphatic carboxylic acids is 1. The summed E-state index contributed by atoms with van der Waals surface area (Å²) in [6.45, 7) is 4.98. The molecule has 0 aromatic carbocycles. The molecule has 3 aliphatic rings. The molecule has 2 fully saturated rings. The second kappa shape index (κ2) is 18.6. The summed E-state index contributed by atoms with van der Waals surface area (Å²) in [5, 5.41) is 18.9. The fraction of sp³-hybridized carbons (Fsp3) is 0.645. The number of hydrogen-bond donors (Lipinski definition) is 1. The van der Waals surface area contributed by atoms with Crippen LogP contribution in [-0.4, -0.2) is 79.0 Å². The highest BCUT2D eigenvalue weighted by Crippen LogP contribution is 2.37. The first-order chi connectivity index (χ1) is 21.9. The van der Waals surface area contributed by atoms with E-state index in [-0.39, 0.29) is 47.4 Å².